The zero-order chi connectivity index (χ0) is 11.5. The van der Waals surface area contributed by atoms with E-state index in [1.807, 2.05) is 4.90 Å². The van der Waals surface area contributed by atoms with Gasteiger partial charge in [0.05, 0.1) is 18.0 Å². The number of fused-ring (bicyclic) bond motifs is 1. The first kappa shape index (κ1) is 11.7. The fourth-order valence-electron chi connectivity index (χ4n) is 2.23. The van der Waals surface area contributed by atoms with E-state index in [9.17, 15) is 9.59 Å². The third-order valence-corrected chi connectivity index (χ3v) is 4.45. The smallest absolute Gasteiger partial charge is 0.234 e. The molecule has 5 nitrogen and oxygen atoms in total. The number of thioether (sulfide) groups is 1. The van der Waals surface area contributed by atoms with Gasteiger partial charge in [0.15, 0.2) is 0 Å². The van der Waals surface area contributed by atoms with Crippen LogP contribution in [0.5, 0.6) is 0 Å². The third-order valence-electron chi connectivity index (χ3n) is 3.00. The molecule has 16 heavy (non-hydrogen) atoms. The lowest BCUT2D eigenvalue weighted by atomic mass is 10.0. The number of nitrogens with one attached hydrogen (secondary N) is 1. The van der Waals surface area contributed by atoms with Crippen LogP contribution in [0.4, 0.5) is 0 Å². The van der Waals surface area contributed by atoms with Crippen LogP contribution in [0, 0.1) is 0 Å². The van der Waals surface area contributed by atoms with Gasteiger partial charge in [-0.3, -0.25) is 9.59 Å². The minimum Gasteiger partial charge on any atom is -0.349 e. The summed E-state index contributed by atoms with van der Waals surface area (Å²) < 4.78 is 0. The Morgan fingerprint density at radius 2 is 2.44 bits per heavy atom. The molecule has 1 unspecified atom stereocenters. The summed E-state index contributed by atoms with van der Waals surface area (Å²) in [6, 6.07) is 0.0686. The van der Waals surface area contributed by atoms with Crippen LogP contribution in [-0.2, 0) is 9.59 Å². The van der Waals surface area contributed by atoms with Crippen molar-refractivity contribution in [1.82, 2.24) is 10.2 Å². The van der Waals surface area contributed by atoms with Gasteiger partial charge in [-0.1, -0.05) is 0 Å². The lowest BCUT2D eigenvalue weighted by Crippen LogP contribution is -2.58. The minimum absolute atomic E-state index is 0.0157. The molecule has 0 aliphatic carbocycles. The third kappa shape index (κ3) is 2.32. The molecule has 0 aromatic rings. The van der Waals surface area contributed by atoms with Crippen LogP contribution in [-0.4, -0.2) is 47.0 Å². The molecule has 0 aromatic carbocycles. The van der Waals surface area contributed by atoms with Crippen molar-refractivity contribution in [3.8, 4) is 0 Å². The van der Waals surface area contributed by atoms with Crippen molar-refractivity contribution in [3.63, 3.8) is 0 Å². The van der Waals surface area contributed by atoms with Crippen LogP contribution < -0.4 is 11.1 Å². The summed E-state index contributed by atoms with van der Waals surface area (Å²) in [7, 11) is 0. The number of amides is 2. The van der Waals surface area contributed by atoms with Gasteiger partial charge in [-0.05, 0) is 18.6 Å². The van der Waals surface area contributed by atoms with Gasteiger partial charge in [-0.2, -0.15) is 0 Å². The summed E-state index contributed by atoms with van der Waals surface area (Å²) >= 11 is 1.76. The fraction of sp³-hybridized carbons (Fsp3) is 0.800. The van der Waals surface area contributed by atoms with Crippen LogP contribution in [0.15, 0.2) is 0 Å². The molecule has 6 heteroatoms. The number of hydrogen-bond donors (Lipinski definition) is 2. The van der Waals surface area contributed by atoms with E-state index in [0.29, 0.717) is 6.42 Å². The van der Waals surface area contributed by atoms with Gasteiger partial charge in [-0.25, -0.2) is 0 Å². The lowest BCUT2D eigenvalue weighted by molar-refractivity contribution is -0.136. The Morgan fingerprint density at radius 3 is 3.19 bits per heavy atom. The second-order valence-corrected chi connectivity index (χ2v) is 5.34. The SMILES string of the molecule is NCC(=O)N[C@@H]1CCC(=O)N2CCCSC12. The van der Waals surface area contributed by atoms with Crippen molar-refractivity contribution >= 4 is 23.6 Å². The number of nitrogens with zero attached hydrogens (tertiary/aromatic N) is 1. The second-order valence-electron chi connectivity index (χ2n) is 4.12. The Kier molecular flexibility index (Phi) is 3.70. The van der Waals surface area contributed by atoms with E-state index in [1.165, 1.54) is 0 Å². The summed E-state index contributed by atoms with van der Waals surface area (Å²) in [5.74, 6) is 1.14. The summed E-state index contributed by atoms with van der Waals surface area (Å²) in [4.78, 5) is 24.9. The molecule has 90 valence electrons. The van der Waals surface area contributed by atoms with Crippen LogP contribution >= 0.6 is 11.8 Å². The number of rotatable bonds is 2. The molecule has 0 spiro atoms. The Labute approximate surface area is 99.1 Å². The molecule has 2 saturated heterocycles. The predicted molar refractivity (Wildman–Crippen MR) is 62.8 cm³/mol. The monoisotopic (exact) mass is 243 g/mol. The van der Waals surface area contributed by atoms with Crippen LogP contribution in [0.1, 0.15) is 19.3 Å². The summed E-state index contributed by atoms with van der Waals surface area (Å²) in [6.45, 7) is 0.841. The molecule has 0 aromatic heterocycles. The van der Waals surface area contributed by atoms with Crippen LogP contribution in [0.3, 0.4) is 0 Å². The van der Waals surface area contributed by atoms with Gasteiger partial charge in [-0.15, -0.1) is 11.8 Å². The normalized spacial score (nSPS) is 29.8. The highest BCUT2D eigenvalue weighted by Crippen LogP contribution is 2.31. The van der Waals surface area contributed by atoms with E-state index in [2.05, 4.69) is 5.32 Å². The van der Waals surface area contributed by atoms with Gasteiger partial charge in [0.2, 0.25) is 11.8 Å². The molecule has 2 aliphatic heterocycles. The van der Waals surface area contributed by atoms with Gasteiger partial charge in [0.1, 0.15) is 0 Å². The summed E-state index contributed by atoms with van der Waals surface area (Å²) in [5, 5.41) is 3.03. The molecule has 0 saturated carbocycles. The van der Waals surface area contributed by atoms with Crippen molar-refractivity contribution in [2.45, 2.75) is 30.7 Å². The fourth-order valence-corrected chi connectivity index (χ4v) is 3.61. The largest absolute Gasteiger partial charge is 0.349 e. The molecule has 0 bridgehead atoms. The van der Waals surface area contributed by atoms with Crippen LogP contribution in [0.25, 0.3) is 0 Å². The standard InChI is InChI=1S/C10H17N3O2S/c11-6-8(14)12-7-2-3-9(15)13-4-1-5-16-10(7)13/h7,10H,1-6,11H2,(H,12,14)/t7-,10?/m1/s1. The maximum absolute atomic E-state index is 11.7. The molecule has 2 atom stereocenters. The van der Waals surface area contributed by atoms with Gasteiger partial charge >= 0.3 is 0 Å². The van der Waals surface area contributed by atoms with Gasteiger partial charge in [0, 0.05) is 13.0 Å². The number of nitrogens with two attached hydrogens (primary N) is 1. The van der Waals surface area contributed by atoms with E-state index in [1.54, 1.807) is 11.8 Å². The average molecular weight is 243 g/mol. The maximum Gasteiger partial charge on any atom is 0.234 e. The number of carbonyl (C=O) groups is 2. The van der Waals surface area contributed by atoms with E-state index in [0.717, 1.165) is 25.1 Å². The van der Waals surface area contributed by atoms with Crippen LogP contribution in [0.2, 0.25) is 0 Å². The lowest BCUT2D eigenvalue weighted by Gasteiger charge is -2.43. The first-order chi connectivity index (χ1) is 7.72. The molecule has 0 radical (unpaired) electrons. The van der Waals surface area contributed by atoms with E-state index in [-0.39, 0.29) is 29.8 Å². The Bertz CT molecular complexity index is 298. The topological polar surface area (TPSA) is 75.4 Å². The summed E-state index contributed by atoms with van der Waals surface area (Å²) in [6.07, 6.45) is 2.32. The van der Waals surface area contributed by atoms with Crippen molar-refractivity contribution < 1.29 is 9.59 Å². The molecule has 2 fully saturated rings. The second kappa shape index (κ2) is 5.05. The highest BCUT2D eigenvalue weighted by atomic mass is 32.2. The van der Waals surface area contributed by atoms with E-state index >= 15 is 0 Å². The zero-order valence-corrected chi connectivity index (χ0v) is 9.96. The molecular weight excluding hydrogens is 226 g/mol. The van der Waals surface area contributed by atoms with E-state index in [4.69, 9.17) is 5.73 Å². The first-order valence-corrected chi connectivity index (χ1v) is 6.68. The average Bonchev–Trinajstić information content (AvgIpc) is 2.33. The van der Waals surface area contributed by atoms with Crippen molar-refractivity contribution in [2.75, 3.05) is 18.8 Å². The number of piperidine rings is 1. The Balaban J connectivity index is 2.02. The van der Waals surface area contributed by atoms with Crippen molar-refractivity contribution in [1.29, 1.82) is 0 Å². The Hall–Kier alpha value is -0.750. The summed E-state index contributed by atoms with van der Waals surface area (Å²) in [5.41, 5.74) is 5.29. The number of carbonyl (C=O) groups excluding carboxylic acids is 2. The zero-order valence-electron chi connectivity index (χ0n) is 9.15. The predicted octanol–water partition coefficient (Wildman–Crippen LogP) is -0.485. The first-order valence-electron chi connectivity index (χ1n) is 5.63. The highest BCUT2D eigenvalue weighted by molar-refractivity contribution is 7.99. The number of hydrogen-bond acceptors (Lipinski definition) is 4. The van der Waals surface area contributed by atoms with Gasteiger partial charge < -0.3 is 16.0 Å². The minimum atomic E-state index is -0.134. The van der Waals surface area contributed by atoms with E-state index < -0.39 is 0 Å². The van der Waals surface area contributed by atoms with Gasteiger partial charge in [0.25, 0.3) is 0 Å². The molecule has 2 amide bonds. The van der Waals surface area contributed by atoms with Crippen molar-refractivity contribution in [3.05, 3.63) is 0 Å². The molecule has 2 aliphatic rings. The molecule has 3 N–H and O–H groups in total. The maximum atomic E-state index is 11.7. The quantitative estimate of drug-likeness (QED) is 0.686. The molecular formula is C10H17N3O2S. The Morgan fingerprint density at radius 1 is 1.62 bits per heavy atom. The highest BCUT2D eigenvalue weighted by Gasteiger charge is 2.38. The molecule has 2 heterocycles. The molecule has 2 rings (SSSR count). The van der Waals surface area contributed by atoms with Crippen molar-refractivity contribution in [2.24, 2.45) is 5.73 Å².